The molecule has 2 N–H and O–H groups in total. The normalized spacial score (nSPS) is 13.2. The molecule has 21 heavy (non-hydrogen) atoms. The Morgan fingerprint density at radius 2 is 1.71 bits per heavy atom. The lowest BCUT2D eigenvalue weighted by atomic mass is 9.97. The molecule has 0 heterocycles. The standard InChI is InChI=1S/C15H12ClF4N/c16-12-7-2-1-4-9(12)8-13(21)10-5-3-6-11(14(10)17)15(18,19)20/h1-7,13H,8,21H2. The van der Waals surface area contributed by atoms with Gasteiger partial charge in [0, 0.05) is 16.6 Å². The van der Waals surface area contributed by atoms with Gasteiger partial charge in [0.15, 0.2) is 0 Å². The minimum Gasteiger partial charge on any atom is -0.324 e. The maximum atomic E-state index is 14.0. The van der Waals surface area contributed by atoms with Crippen molar-refractivity contribution in [3.8, 4) is 0 Å². The molecule has 0 aromatic heterocycles. The van der Waals surface area contributed by atoms with Crippen LogP contribution in [0.15, 0.2) is 42.5 Å². The van der Waals surface area contributed by atoms with Gasteiger partial charge in [-0.1, -0.05) is 41.9 Å². The number of hydrogen-bond acceptors (Lipinski definition) is 1. The van der Waals surface area contributed by atoms with Crippen molar-refractivity contribution in [2.24, 2.45) is 5.73 Å². The Kier molecular flexibility index (Phi) is 4.54. The summed E-state index contributed by atoms with van der Waals surface area (Å²) in [5.41, 5.74) is 5.01. The Labute approximate surface area is 124 Å². The van der Waals surface area contributed by atoms with Crippen molar-refractivity contribution in [2.75, 3.05) is 0 Å². The smallest absolute Gasteiger partial charge is 0.324 e. The average molecular weight is 318 g/mol. The summed E-state index contributed by atoms with van der Waals surface area (Å²) in [6.45, 7) is 0. The third-order valence-electron chi connectivity index (χ3n) is 3.13. The fourth-order valence-corrected chi connectivity index (χ4v) is 2.28. The first-order valence-corrected chi connectivity index (χ1v) is 6.53. The van der Waals surface area contributed by atoms with Gasteiger partial charge in [-0.05, 0) is 24.1 Å². The van der Waals surface area contributed by atoms with E-state index in [9.17, 15) is 17.6 Å². The van der Waals surface area contributed by atoms with Gasteiger partial charge >= 0.3 is 6.18 Å². The predicted molar refractivity (Wildman–Crippen MR) is 73.5 cm³/mol. The van der Waals surface area contributed by atoms with Crippen LogP contribution in [0.4, 0.5) is 17.6 Å². The summed E-state index contributed by atoms with van der Waals surface area (Å²) >= 11 is 5.97. The van der Waals surface area contributed by atoms with E-state index in [1.807, 2.05) is 0 Å². The van der Waals surface area contributed by atoms with Crippen LogP contribution < -0.4 is 5.73 Å². The predicted octanol–water partition coefficient (Wildman–Crippen LogP) is 4.74. The monoisotopic (exact) mass is 317 g/mol. The molecule has 112 valence electrons. The third kappa shape index (κ3) is 3.54. The molecule has 1 atom stereocenters. The molecular formula is C15H12ClF4N. The van der Waals surface area contributed by atoms with E-state index >= 15 is 0 Å². The molecule has 2 rings (SSSR count). The van der Waals surface area contributed by atoms with E-state index in [1.54, 1.807) is 24.3 Å². The molecule has 0 saturated carbocycles. The summed E-state index contributed by atoms with van der Waals surface area (Å²) in [6.07, 6.45) is -4.60. The van der Waals surface area contributed by atoms with Crippen LogP contribution in [-0.4, -0.2) is 0 Å². The molecule has 1 unspecified atom stereocenters. The van der Waals surface area contributed by atoms with Crippen LogP contribution in [0.5, 0.6) is 0 Å². The van der Waals surface area contributed by atoms with Gasteiger partial charge in [0.25, 0.3) is 0 Å². The minimum absolute atomic E-state index is 0.151. The second kappa shape index (κ2) is 6.03. The van der Waals surface area contributed by atoms with Crippen molar-refractivity contribution >= 4 is 11.6 Å². The zero-order valence-corrected chi connectivity index (χ0v) is 11.5. The van der Waals surface area contributed by atoms with Crippen molar-refractivity contribution in [3.05, 3.63) is 70.0 Å². The van der Waals surface area contributed by atoms with Crippen molar-refractivity contribution < 1.29 is 17.6 Å². The summed E-state index contributed by atoms with van der Waals surface area (Å²) in [4.78, 5) is 0. The summed E-state index contributed by atoms with van der Waals surface area (Å²) in [5, 5.41) is 0.445. The molecule has 0 saturated heterocycles. The first-order valence-electron chi connectivity index (χ1n) is 6.15. The van der Waals surface area contributed by atoms with E-state index in [0.717, 1.165) is 6.07 Å². The molecule has 0 aliphatic heterocycles. The Morgan fingerprint density at radius 1 is 1.05 bits per heavy atom. The zero-order chi connectivity index (χ0) is 15.6. The molecule has 2 aromatic rings. The van der Waals surface area contributed by atoms with Gasteiger partial charge < -0.3 is 5.73 Å². The Morgan fingerprint density at radius 3 is 2.33 bits per heavy atom. The topological polar surface area (TPSA) is 26.0 Å². The van der Waals surface area contributed by atoms with Gasteiger partial charge in [0.2, 0.25) is 0 Å². The van der Waals surface area contributed by atoms with Crippen molar-refractivity contribution in [1.29, 1.82) is 0 Å². The van der Waals surface area contributed by atoms with Crippen LogP contribution in [0, 0.1) is 5.82 Å². The summed E-state index contributed by atoms with van der Waals surface area (Å²) in [7, 11) is 0. The molecular weight excluding hydrogens is 306 g/mol. The lowest BCUT2D eigenvalue weighted by molar-refractivity contribution is -0.140. The molecule has 0 amide bonds. The Hall–Kier alpha value is -1.59. The van der Waals surface area contributed by atoms with E-state index in [-0.39, 0.29) is 12.0 Å². The maximum Gasteiger partial charge on any atom is 0.419 e. The zero-order valence-electron chi connectivity index (χ0n) is 10.8. The second-order valence-corrected chi connectivity index (χ2v) is 5.02. The molecule has 0 aliphatic rings. The van der Waals surface area contributed by atoms with E-state index in [1.165, 1.54) is 6.07 Å². The second-order valence-electron chi connectivity index (χ2n) is 4.61. The number of rotatable bonds is 3. The van der Waals surface area contributed by atoms with E-state index < -0.39 is 23.6 Å². The molecule has 0 spiro atoms. The number of benzene rings is 2. The van der Waals surface area contributed by atoms with Gasteiger partial charge in [-0.3, -0.25) is 0 Å². The van der Waals surface area contributed by atoms with E-state index in [2.05, 4.69) is 0 Å². The van der Waals surface area contributed by atoms with Crippen LogP contribution in [0.1, 0.15) is 22.7 Å². The molecule has 6 heteroatoms. The highest BCUT2D eigenvalue weighted by atomic mass is 35.5. The van der Waals surface area contributed by atoms with Crippen LogP contribution in [0.2, 0.25) is 5.02 Å². The van der Waals surface area contributed by atoms with Crippen LogP contribution in [0.3, 0.4) is 0 Å². The summed E-state index contributed by atoms with van der Waals surface area (Å²) < 4.78 is 52.0. The van der Waals surface area contributed by atoms with Crippen molar-refractivity contribution in [1.82, 2.24) is 0 Å². The Balaban J connectivity index is 2.32. The van der Waals surface area contributed by atoms with E-state index in [4.69, 9.17) is 17.3 Å². The fraction of sp³-hybridized carbons (Fsp3) is 0.200. The first-order chi connectivity index (χ1) is 9.80. The first kappa shape index (κ1) is 15.8. The van der Waals surface area contributed by atoms with Gasteiger partial charge in [-0.25, -0.2) is 4.39 Å². The quantitative estimate of drug-likeness (QED) is 0.813. The molecule has 1 nitrogen and oxygen atoms in total. The largest absolute Gasteiger partial charge is 0.419 e. The molecule has 2 aromatic carbocycles. The maximum absolute atomic E-state index is 14.0. The highest BCUT2D eigenvalue weighted by molar-refractivity contribution is 6.31. The number of hydrogen-bond donors (Lipinski definition) is 1. The molecule has 0 radical (unpaired) electrons. The number of halogens is 5. The minimum atomic E-state index is -4.75. The van der Waals surface area contributed by atoms with Crippen molar-refractivity contribution in [2.45, 2.75) is 18.6 Å². The van der Waals surface area contributed by atoms with Crippen LogP contribution >= 0.6 is 11.6 Å². The van der Waals surface area contributed by atoms with Gasteiger partial charge in [0.05, 0.1) is 5.56 Å². The van der Waals surface area contributed by atoms with Crippen LogP contribution in [0.25, 0.3) is 0 Å². The highest BCUT2D eigenvalue weighted by Gasteiger charge is 2.35. The molecule has 0 fully saturated rings. The third-order valence-corrected chi connectivity index (χ3v) is 3.50. The number of nitrogens with two attached hydrogens (primary N) is 1. The van der Waals surface area contributed by atoms with Gasteiger partial charge in [-0.2, -0.15) is 13.2 Å². The highest BCUT2D eigenvalue weighted by Crippen LogP contribution is 2.34. The van der Waals surface area contributed by atoms with E-state index in [0.29, 0.717) is 16.7 Å². The Bertz CT molecular complexity index is 640. The number of alkyl halides is 3. The fourth-order valence-electron chi connectivity index (χ4n) is 2.07. The average Bonchev–Trinajstić information content (AvgIpc) is 2.40. The van der Waals surface area contributed by atoms with Gasteiger partial charge in [0.1, 0.15) is 5.82 Å². The van der Waals surface area contributed by atoms with Crippen LogP contribution in [-0.2, 0) is 12.6 Å². The molecule has 0 aliphatic carbocycles. The lowest BCUT2D eigenvalue weighted by Gasteiger charge is -2.17. The SMILES string of the molecule is NC(Cc1ccccc1Cl)c1cccc(C(F)(F)F)c1F. The molecule has 0 bridgehead atoms. The van der Waals surface area contributed by atoms with Crippen molar-refractivity contribution in [3.63, 3.8) is 0 Å². The summed E-state index contributed by atoms with van der Waals surface area (Å²) in [5.74, 6) is -1.33. The lowest BCUT2D eigenvalue weighted by Crippen LogP contribution is -2.18. The van der Waals surface area contributed by atoms with Gasteiger partial charge in [-0.15, -0.1) is 0 Å². The summed E-state index contributed by atoms with van der Waals surface area (Å²) in [6, 6.07) is 8.99.